The lowest BCUT2D eigenvalue weighted by molar-refractivity contribution is -0.160. The number of fused-ring (bicyclic) bond motifs is 3. The normalized spacial score (nSPS) is 18.4. The first kappa shape index (κ1) is 15.8. The number of H-pyrrole nitrogens is 1. The standard InChI is InChI=1S/C16H14F3N5O/c17-16(18,19)5-12(25)24-4-2-9(7-24)10-1-3-20-11-6-21-15-14(13(10)11)22-8-23-15/h1,3,6,8-9H,2,4-5,7H2,(H,21,22,23). The monoisotopic (exact) mass is 349 g/mol. The molecule has 9 heteroatoms. The maximum atomic E-state index is 12.5. The van der Waals surface area contributed by atoms with Crippen LogP contribution in [0.2, 0.25) is 0 Å². The molecule has 0 saturated carbocycles. The molecule has 1 aliphatic heterocycles. The number of amides is 1. The minimum absolute atomic E-state index is 0.0509. The van der Waals surface area contributed by atoms with Gasteiger partial charge in [0.05, 0.1) is 18.0 Å². The van der Waals surface area contributed by atoms with E-state index in [4.69, 9.17) is 0 Å². The first-order valence-corrected chi connectivity index (χ1v) is 7.83. The molecule has 1 aliphatic rings. The highest BCUT2D eigenvalue weighted by Crippen LogP contribution is 2.34. The minimum Gasteiger partial charge on any atom is -0.342 e. The second-order valence-electron chi connectivity index (χ2n) is 6.14. The summed E-state index contributed by atoms with van der Waals surface area (Å²) in [4.78, 5) is 28.9. The molecule has 4 heterocycles. The third-order valence-corrected chi connectivity index (χ3v) is 4.52. The highest BCUT2D eigenvalue weighted by atomic mass is 19.4. The Labute approximate surface area is 140 Å². The van der Waals surface area contributed by atoms with E-state index in [9.17, 15) is 18.0 Å². The van der Waals surface area contributed by atoms with Crippen LogP contribution >= 0.6 is 0 Å². The molecular formula is C16H14F3N5O. The van der Waals surface area contributed by atoms with Crippen molar-refractivity contribution in [3.8, 4) is 0 Å². The number of pyridine rings is 2. The number of aromatic amines is 1. The van der Waals surface area contributed by atoms with Crippen LogP contribution in [0.15, 0.2) is 24.8 Å². The predicted octanol–water partition coefficient (Wildman–Crippen LogP) is 2.77. The van der Waals surface area contributed by atoms with Gasteiger partial charge in [-0.05, 0) is 18.1 Å². The topological polar surface area (TPSA) is 74.8 Å². The van der Waals surface area contributed by atoms with Gasteiger partial charge in [-0.2, -0.15) is 13.2 Å². The average molecular weight is 349 g/mol. The fourth-order valence-electron chi connectivity index (χ4n) is 3.41. The number of imidazole rings is 1. The van der Waals surface area contributed by atoms with Crippen molar-refractivity contribution in [2.45, 2.75) is 24.9 Å². The number of rotatable bonds is 2. The van der Waals surface area contributed by atoms with Crippen molar-refractivity contribution >= 4 is 28.0 Å². The number of nitrogens with one attached hydrogen (secondary N) is 1. The van der Waals surface area contributed by atoms with E-state index in [1.54, 1.807) is 18.7 Å². The van der Waals surface area contributed by atoms with Gasteiger partial charge in [0.25, 0.3) is 0 Å². The summed E-state index contributed by atoms with van der Waals surface area (Å²) >= 11 is 0. The highest BCUT2D eigenvalue weighted by molar-refractivity contribution is 6.02. The van der Waals surface area contributed by atoms with Crippen molar-refractivity contribution in [2.75, 3.05) is 13.1 Å². The summed E-state index contributed by atoms with van der Waals surface area (Å²) in [5.74, 6) is -0.926. The summed E-state index contributed by atoms with van der Waals surface area (Å²) in [6, 6.07) is 1.85. The molecule has 0 aromatic carbocycles. The molecule has 25 heavy (non-hydrogen) atoms. The van der Waals surface area contributed by atoms with Gasteiger partial charge in [-0.1, -0.05) is 0 Å². The van der Waals surface area contributed by atoms with Crippen LogP contribution in [-0.4, -0.2) is 50.0 Å². The number of hydrogen-bond donors (Lipinski definition) is 1. The Morgan fingerprint density at radius 1 is 1.32 bits per heavy atom. The molecule has 0 radical (unpaired) electrons. The van der Waals surface area contributed by atoms with E-state index in [1.165, 1.54) is 4.90 Å². The first-order chi connectivity index (χ1) is 11.9. The van der Waals surface area contributed by atoms with Crippen LogP contribution in [0.4, 0.5) is 13.2 Å². The van der Waals surface area contributed by atoms with E-state index in [1.807, 2.05) is 6.07 Å². The largest absolute Gasteiger partial charge is 0.397 e. The van der Waals surface area contributed by atoms with Crippen molar-refractivity contribution in [3.63, 3.8) is 0 Å². The average Bonchev–Trinajstić information content (AvgIpc) is 3.22. The Balaban J connectivity index is 1.67. The summed E-state index contributed by atoms with van der Waals surface area (Å²) in [5, 5.41) is 0.837. The molecule has 1 fully saturated rings. The van der Waals surface area contributed by atoms with E-state index in [0.717, 1.165) is 10.9 Å². The Morgan fingerprint density at radius 2 is 2.16 bits per heavy atom. The van der Waals surface area contributed by atoms with Crippen LogP contribution < -0.4 is 0 Å². The molecule has 0 bridgehead atoms. The van der Waals surface area contributed by atoms with Crippen LogP contribution in [0, 0.1) is 0 Å². The zero-order valence-electron chi connectivity index (χ0n) is 13.0. The Bertz CT molecular complexity index is 952. The van der Waals surface area contributed by atoms with Gasteiger partial charge in [0, 0.05) is 30.6 Å². The molecule has 6 nitrogen and oxygen atoms in total. The predicted molar refractivity (Wildman–Crippen MR) is 83.8 cm³/mol. The van der Waals surface area contributed by atoms with Gasteiger partial charge < -0.3 is 9.88 Å². The molecule has 0 aliphatic carbocycles. The van der Waals surface area contributed by atoms with E-state index < -0.39 is 18.5 Å². The molecule has 3 aromatic heterocycles. The number of halogens is 3. The third-order valence-electron chi connectivity index (χ3n) is 4.52. The van der Waals surface area contributed by atoms with E-state index in [2.05, 4.69) is 19.9 Å². The Kier molecular flexibility index (Phi) is 3.59. The number of aromatic nitrogens is 4. The number of carbonyl (C=O) groups is 1. The molecule has 1 N–H and O–H groups in total. The fraction of sp³-hybridized carbons (Fsp3) is 0.375. The number of hydrogen-bond acceptors (Lipinski definition) is 4. The van der Waals surface area contributed by atoms with Gasteiger partial charge in [0.1, 0.15) is 11.9 Å². The zero-order valence-corrected chi connectivity index (χ0v) is 13.0. The second kappa shape index (κ2) is 5.68. The van der Waals surface area contributed by atoms with Gasteiger partial charge in [-0.3, -0.25) is 9.78 Å². The molecule has 0 spiro atoms. The number of alkyl halides is 3. The quantitative estimate of drug-likeness (QED) is 0.772. The Hall–Kier alpha value is -2.71. The molecule has 3 aromatic rings. The SMILES string of the molecule is O=C(CC(F)(F)F)N1CCC(c2ccnc3cnc4[nH]cnc4c23)C1. The highest BCUT2D eigenvalue weighted by Gasteiger charge is 2.36. The van der Waals surface area contributed by atoms with Crippen LogP contribution in [0.3, 0.4) is 0 Å². The molecule has 1 amide bonds. The van der Waals surface area contributed by atoms with Crippen LogP contribution in [-0.2, 0) is 4.79 Å². The Morgan fingerprint density at radius 3 is 2.96 bits per heavy atom. The molecule has 130 valence electrons. The van der Waals surface area contributed by atoms with Gasteiger partial charge in [-0.15, -0.1) is 0 Å². The van der Waals surface area contributed by atoms with Crippen molar-refractivity contribution in [3.05, 3.63) is 30.4 Å². The zero-order chi connectivity index (χ0) is 17.6. The summed E-state index contributed by atoms with van der Waals surface area (Å²) in [6.07, 6.45) is -0.451. The minimum atomic E-state index is -4.48. The van der Waals surface area contributed by atoms with Gasteiger partial charge in [-0.25, -0.2) is 9.97 Å². The number of nitrogens with zero attached hydrogens (tertiary/aromatic N) is 4. The maximum Gasteiger partial charge on any atom is 0.397 e. The maximum absolute atomic E-state index is 12.5. The summed E-state index contributed by atoms with van der Waals surface area (Å²) in [5.41, 5.74) is 2.93. The lowest BCUT2D eigenvalue weighted by Crippen LogP contribution is -2.32. The second-order valence-corrected chi connectivity index (χ2v) is 6.14. The summed E-state index contributed by atoms with van der Waals surface area (Å²) < 4.78 is 37.4. The number of carbonyl (C=O) groups excluding carboxylic acids is 1. The lowest BCUT2D eigenvalue weighted by Gasteiger charge is -2.18. The fourth-order valence-corrected chi connectivity index (χ4v) is 3.41. The summed E-state index contributed by atoms with van der Waals surface area (Å²) in [7, 11) is 0. The third kappa shape index (κ3) is 2.90. The van der Waals surface area contributed by atoms with Crippen LogP contribution in [0.25, 0.3) is 22.1 Å². The molecule has 4 rings (SSSR count). The summed E-state index contributed by atoms with van der Waals surface area (Å²) in [6.45, 7) is 0.584. The van der Waals surface area contributed by atoms with Gasteiger partial charge in [0.15, 0.2) is 5.65 Å². The van der Waals surface area contributed by atoms with Crippen molar-refractivity contribution in [2.24, 2.45) is 0 Å². The van der Waals surface area contributed by atoms with Crippen molar-refractivity contribution < 1.29 is 18.0 Å². The molecule has 1 atom stereocenters. The van der Waals surface area contributed by atoms with Gasteiger partial charge >= 0.3 is 6.18 Å². The van der Waals surface area contributed by atoms with E-state index in [0.29, 0.717) is 29.6 Å². The van der Waals surface area contributed by atoms with E-state index in [-0.39, 0.29) is 12.5 Å². The van der Waals surface area contributed by atoms with Gasteiger partial charge in [0.2, 0.25) is 5.91 Å². The molecular weight excluding hydrogens is 335 g/mol. The molecule has 1 saturated heterocycles. The molecule has 1 unspecified atom stereocenters. The lowest BCUT2D eigenvalue weighted by atomic mass is 9.95. The van der Waals surface area contributed by atoms with Crippen LogP contribution in [0.5, 0.6) is 0 Å². The number of likely N-dealkylation sites (tertiary alicyclic amines) is 1. The first-order valence-electron chi connectivity index (χ1n) is 7.83. The van der Waals surface area contributed by atoms with Crippen molar-refractivity contribution in [1.82, 2.24) is 24.8 Å². The smallest absolute Gasteiger partial charge is 0.342 e. The van der Waals surface area contributed by atoms with E-state index >= 15 is 0 Å². The van der Waals surface area contributed by atoms with Crippen LogP contribution in [0.1, 0.15) is 24.3 Å². The van der Waals surface area contributed by atoms with Crippen molar-refractivity contribution in [1.29, 1.82) is 0 Å².